The predicted octanol–water partition coefficient (Wildman–Crippen LogP) is 4.22. The summed E-state index contributed by atoms with van der Waals surface area (Å²) in [6.45, 7) is 1.30. The lowest BCUT2D eigenvalue weighted by atomic mass is 9.91. The number of carbonyl (C=O) groups is 3. The standard InChI is InChI=1S/C18H11Cl2NO3/c1-10(22)21(12-8-6-11(19)7-9-12)16-15(20)17(23)13-4-2-3-5-14(13)18(16)24/h2-9H,1H3. The van der Waals surface area contributed by atoms with Gasteiger partial charge in [-0.3, -0.25) is 19.3 Å². The van der Waals surface area contributed by atoms with Crippen LogP contribution < -0.4 is 4.90 Å². The Balaban J connectivity index is 2.20. The highest BCUT2D eigenvalue weighted by molar-refractivity contribution is 6.50. The van der Waals surface area contributed by atoms with Gasteiger partial charge in [0.25, 0.3) is 0 Å². The largest absolute Gasteiger partial charge is 0.287 e. The number of benzene rings is 2. The molecule has 0 saturated carbocycles. The van der Waals surface area contributed by atoms with E-state index in [2.05, 4.69) is 0 Å². The van der Waals surface area contributed by atoms with Crippen LogP contribution in [0.4, 0.5) is 5.69 Å². The minimum atomic E-state index is -0.484. The first-order valence-corrected chi connectivity index (χ1v) is 7.82. The van der Waals surface area contributed by atoms with Gasteiger partial charge < -0.3 is 0 Å². The number of fused-ring (bicyclic) bond motifs is 1. The molecule has 0 aromatic heterocycles. The van der Waals surface area contributed by atoms with Gasteiger partial charge in [-0.05, 0) is 24.3 Å². The first kappa shape index (κ1) is 16.4. The summed E-state index contributed by atoms with van der Waals surface area (Å²) in [5.41, 5.74) is 0.716. The van der Waals surface area contributed by atoms with Crippen molar-refractivity contribution in [3.63, 3.8) is 0 Å². The Morgan fingerprint density at radius 1 is 0.875 bits per heavy atom. The molecule has 0 saturated heterocycles. The Hall–Kier alpha value is -2.43. The van der Waals surface area contributed by atoms with Crippen molar-refractivity contribution >= 4 is 46.4 Å². The maximum Gasteiger partial charge on any atom is 0.228 e. The lowest BCUT2D eigenvalue weighted by Crippen LogP contribution is -2.36. The van der Waals surface area contributed by atoms with Gasteiger partial charge in [-0.1, -0.05) is 47.5 Å². The van der Waals surface area contributed by atoms with Gasteiger partial charge >= 0.3 is 0 Å². The minimum absolute atomic E-state index is 0.143. The van der Waals surface area contributed by atoms with E-state index in [1.165, 1.54) is 13.0 Å². The Morgan fingerprint density at radius 3 is 1.96 bits per heavy atom. The number of halogens is 2. The minimum Gasteiger partial charge on any atom is -0.287 e. The molecule has 2 aromatic carbocycles. The summed E-state index contributed by atoms with van der Waals surface area (Å²) in [6, 6.07) is 12.7. The zero-order valence-electron chi connectivity index (χ0n) is 12.5. The normalized spacial score (nSPS) is 13.8. The number of hydrogen-bond donors (Lipinski definition) is 0. The SMILES string of the molecule is CC(=O)N(C1=C(Cl)C(=O)c2ccccc2C1=O)c1ccc(Cl)cc1. The number of anilines is 1. The fourth-order valence-electron chi connectivity index (χ4n) is 2.59. The molecule has 6 heteroatoms. The van der Waals surface area contributed by atoms with E-state index in [4.69, 9.17) is 23.2 Å². The van der Waals surface area contributed by atoms with Crippen LogP contribution >= 0.6 is 23.2 Å². The van der Waals surface area contributed by atoms with Crippen LogP contribution in [0.3, 0.4) is 0 Å². The van der Waals surface area contributed by atoms with Crippen LogP contribution in [0.1, 0.15) is 27.6 Å². The molecule has 1 aliphatic rings. The Kier molecular flexibility index (Phi) is 4.26. The predicted molar refractivity (Wildman–Crippen MR) is 92.6 cm³/mol. The molecule has 0 N–H and O–H groups in total. The molecule has 3 rings (SSSR count). The summed E-state index contributed by atoms with van der Waals surface area (Å²) in [5.74, 6) is -1.39. The van der Waals surface area contributed by atoms with Crippen molar-refractivity contribution in [2.24, 2.45) is 0 Å². The van der Waals surface area contributed by atoms with Crippen LogP contribution in [0, 0.1) is 0 Å². The quantitative estimate of drug-likeness (QED) is 0.806. The summed E-state index contributed by atoms with van der Waals surface area (Å²) in [4.78, 5) is 38.6. The highest BCUT2D eigenvalue weighted by atomic mass is 35.5. The highest BCUT2D eigenvalue weighted by Gasteiger charge is 2.36. The molecule has 0 atom stereocenters. The Labute approximate surface area is 148 Å². The summed E-state index contributed by atoms with van der Waals surface area (Å²) in [6.07, 6.45) is 0. The van der Waals surface area contributed by atoms with E-state index in [9.17, 15) is 14.4 Å². The fraction of sp³-hybridized carbons (Fsp3) is 0.0556. The molecule has 4 nitrogen and oxygen atoms in total. The van der Waals surface area contributed by atoms with E-state index in [-0.39, 0.29) is 21.9 Å². The fourth-order valence-corrected chi connectivity index (χ4v) is 2.99. The molecule has 1 aliphatic carbocycles. The molecule has 24 heavy (non-hydrogen) atoms. The average molecular weight is 360 g/mol. The number of Topliss-reactive ketones (excluding diaryl/α,β-unsaturated/α-hetero) is 2. The molecule has 120 valence electrons. The Bertz CT molecular complexity index is 901. The highest BCUT2D eigenvalue weighted by Crippen LogP contribution is 2.33. The van der Waals surface area contributed by atoms with Crippen molar-refractivity contribution in [1.82, 2.24) is 0 Å². The molecule has 0 spiro atoms. The molecule has 0 bridgehead atoms. The number of allylic oxidation sites excluding steroid dienone is 2. The number of amides is 1. The first-order chi connectivity index (χ1) is 11.4. The van der Waals surface area contributed by atoms with E-state index < -0.39 is 17.5 Å². The van der Waals surface area contributed by atoms with Crippen LogP contribution in [0.25, 0.3) is 0 Å². The van der Waals surface area contributed by atoms with E-state index in [0.29, 0.717) is 10.7 Å². The van der Waals surface area contributed by atoms with Crippen LogP contribution in [-0.4, -0.2) is 17.5 Å². The van der Waals surface area contributed by atoms with Gasteiger partial charge in [-0.15, -0.1) is 0 Å². The van der Waals surface area contributed by atoms with Crippen molar-refractivity contribution in [2.75, 3.05) is 4.90 Å². The van der Waals surface area contributed by atoms with Crippen molar-refractivity contribution in [2.45, 2.75) is 6.92 Å². The smallest absolute Gasteiger partial charge is 0.228 e. The van der Waals surface area contributed by atoms with Gasteiger partial charge in [0.15, 0.2) is 0 Å². The average Bonchev–Trinajstić information content (AvgIpc) is 2.57. The summed E-state index contributed by atoms with van der Waals surface area (Å²) in [7, 11) is 0. The zero-order valence-corrected chi connectivity index (χ0v) is 14.1. The van der Waals surface area contributed by atoms with Gasteiger partial charge in [-0.25, -0.2) is 0 Å². The van der Waals surface area contributed by atoms with Gasteiger partial charge in [0.1, 0.15) is 10.7 Å². The van der Waals surface area contributed by atoms with Gasteiger partial charge in [-0.2, -0.15) is 0 Å². The monoisotopic (exact) mass is 359 g/mol. The van der Waals surface area contributed by atoms with E-state index in [1.54, 1.807) is 42.5 Å². The molecule has 0 unspecified atom stereocenters. The van der Waals surface area contributed by atoms with E-state index in [0.717, 1.165) is 4.90 Å². The second kappa shape index (κ2) is 6.23. The van der Waals surface area contributed by atoms with Crippen molar-refractivity contribution in [3.8, 4) is 0 Å². The maximum atomic E-state index is 12.8. The molecule has 0 heterocycles. The molecular weight excluding hydrogens is 349 g/mol. The Morgan fingerprint density at radius 2 is 1.42 bits per heavy atom. The number of carbonyl (C=O) groups excluding carboxylic acids is 3. The van der Waals surface area contributed by atoms with Crippen molar-refractivity contribution < 1.29 is 14.4 Å². The second-order valence-electron chi connectivity index (χ2n) is 5.20. The maximum absolute atomic E-state index is 12.8. The number of hydrogen-bond acceptors (Lipinski definition) is 3. The molecule has 0 fully saturated rings. The molecular formula is C18H11Cl2NO3. The third-order valence-electron chi connectivity index (χ3n) is 3.66. The van der Waals surface area contributed by atoms with Gasteiger partial charge in [0, 0.05) is 28.8 Å². The second-order valence-corrected chi connectivity index (χ2v) is 6.01. The van der Waals surface area contributed by atoms with E-state index in [1.807, 2.05) is 0 Å². The molecule has 1 amide bonds. The van der Waals surface area contributed by atoms with Gasteiger partial charge in [0.2, 0.25) is 17.5 Å². The number of nitrogens with zero attached hydrogens (tertiary/aromatic N) is 1. The van der Waals surface area contributed by atoms with Crippen LogP contribution in [0.2, 0.25) is 5.02 Å². The van der Waals surface area contributed by atoms with Crippen molar-refractivity contribution in [3.05, 3.63) is 75.4 Å². The summed E-state index contributed by atoms with van der Waals surface area (Å²) < 4.78 is 0. The summed E-state index contributed by atoms with van der Waals surface area (Å²) >= 11 is 12.0. The van der Waals surface area contributed by atoms with Gasteiger partial charge in [0.05, 0.1) is 0 Å². The third kappa shape index (κ3) is 2.64. The topological polar surface area (TPSA) is 54.5 Å². The number of ketones is 2. The lowest BCUT2D eigenvalue weighted by molar-refractivity contribution is -0.116. The van der Waals surface area contributed by atoms with Crippen LogP contribution in [0.5, 0.6) is 0 Å². The lowest BCUT2D eigenvalue weighted by Gasteiger charge is -2.27. The van der Waals surface area contributed by atoms with E-state index >= 15 is 0 Å². The summed E-state index contributed by atoms with van der Waals surface area (Å²) in [5, 5.41) is 0.211. The molecule has 0 aliphatic heterocycles. The third-order valence-corrected chi connectivity index (χ3v) is 4.26. The molecule has 0 radical (unpaired) electrons. The van der Waals surface area contributed by atoms with Crippen molar-refractivity contribution in [1.29, 1.82) is 0 Å². The first-order valence-electron chi connectivity index (χ1n) is 7.06. The van der Waals surface area contributed by atoms with Crippen LogP contribution in [0.15, 0.2) is 59.3 Å². The molecule has 2 aromatic rings. The number of rotatable bonds is 2. The van der Waals surface area contributed by atoms with Crippen LogP contribution in [-0.2, 0) is 4.79 Å². The zero-order chi connectivity index (χ0) is 17.4.